The molecular formula is C33H35F7N4O4S2. The first kappa shape index (κ1) is 37.5. The first-order valence-electron chi connectivity index (χ1n) is 15.8. The van der Waals surface area contributed by atoms with Crippen molar-refractivity contribution < 1.29 is 48.7 Å². The van der Waals surface area contributed by atoms with E-state index in [1.54, 1.807) is 18.2 Å². The van der Waals surface area contributed by atoms with Gasteiger partial charge in [-0.3, -0.25) is 9.69 Å². The van der Waals surface area contributed by atoms with E-state index in [0.717, 1.165) is 49.2 Å². The van der Waals surface area contributed by atoms with E-state index in [-0.39, 0.29) is 46.3 Å². The van der Waals surface area contributed by atoms with Crippen LogP contribution in [0, 0.1) is 17.7 Å². The Morgan fingerprint density at radius 3 is 2.36 bits per heavy atom. The summed E-state index contributed by atoms with van der Waals surface area (Å²) in [5.74, 6) is 3.39. The van der Waals surface area contributed by atoms with E-state index >= 15 is 0 Å². The van der Waals surface area contributed by atoms with Crippen LogP contribution in [0.2, 0.25) is 0 Å². The van der Waals surface area contributed by atoms with Crippen molar-refractivity contribution in [1.29, 1.82) is 0 Å². The average Bonchev–Trinajstić information content (AvgIpc) is 3.38. The number of halogens is 7. The molecule has 1 aliphatic heterocycles. The molecule has 1 aliphatic carbocycles. The number of rotatable bonds is 9. The van der Waals surface area contributed by atoms with Crippen LogP contribution >= 0.6 is 11.3 Å². The lowest BCUT2D eigenvalue weighted by Gasteiger charge is -2.39. The van der Waals surface area contributed by atoms with Crippen molar-refractivity contribution in [2.75, 3.05) is 55.4 Å². The Morgan fingerprint density at radius 2 is 1.72 bits per heavy atom. The standard InChI is InChI=1S/C33H35F7N4O4S2/c1-41-31(45)23-16-28(48-19-33(38,39)40)27(17-25(23)34)42-11-3-6-29-24(18-32(35,36)37)22-4-2-5-26(30(22)49-29)43-20-7-9-21(10-8-20)44-12-14-50(46,47)15-13-44/h2,4-5,16-17,20-21,42-43H,7-15,18-19H2,1H3,(H,41,45). The molecule has 3 aromatic rings. The fourth-order valence-electron chi connectivity index (χ4n) is 6.20. The first-order chi connectivity index (χ1) is 23.5. The zero-order chi connectivity index (χ0) is 36.3. The number of benzene rings is 2. The van der Waals surface area contributed by atoms with E-state index < -0.39 is 58.3 Å². The van der Waals surface area contributed by atoms with Gasteiger partial charge in [-0.05, 0) is 48.8 Å². The number of hydrogen-bond acceptors (Lipinski definition) is 8. The van der Waals surface area contributed by atoms with Crippen molar-refractivity contribution in [3.8, 4) is 17.6 Å². The largest absolute Gasteiger partial charge is 0.482 e. The molecule has 0 unspecified atom stereocenters. The maximum absolute atomic E-state index is 14.6. The van der Waals surface area contributed by atoms with Crippen molar-refractivity contribution in [2.24, 2.45) is 0 Å². The van der Waals surface area contributed by atoms with Crippen LogP contribution in [0.4, 0.5) is 42.1 Å². The van der Waals surface area contributed by atoms with Gasteiger partial charge in [0.05, 0.1) is 51.0 Å². The second-order valence-corrected chi connectivity index (χ2v) is 15.5. The summed E-state index contributed by atoms with van der Waals surface area (Å²) >= 11 is 1.09. The quantitative estimate of drug-likeness (QED) is 0.173. The third kappa shape index (κ3) is 9.73. The van der Waals surface area contributed by atoms with Gasteiger partial charge in [-0.2, -0.15) is 26.3 Å². The molecule has 0 atom stereocenters. The number of nitrogens with one attached hydrogen (secondary N) is 3. The minimum atomic E-state index is -4.72. The number of thiophene rings is 1. The molecule has 1 amide bonds. The minimum Gasteiger partial charge on any atom is -0.482 e. The van der Waals surface area contributed by atoms with E-state index in [1.165, 1.54) is 7.05 Å². The Morgan fingerprint density at radius 1 is 1.02 bits per heavy atom. The highest BCUT2D eigenvalue weighted by atomic mass is 32.2. The number of fused-ring (bicyclic) bond motifs is 1. The number of carbonyl (C=O) groups is 1. The smallest absolute Gasteiger partial charge is 0.422 e. The highest BCUT2D eigenvalue weighted by Crippen LogP contribution is 2.40. The van der Waals surface area contributed by atoms with Gasteiger partial charge in [-0.1, -0.05) is 24.0 Å². The number of sulfone groups is 1. The van der Waals surface area contributed by atoms with Gasteiger partial charge < -0.3 is 20.7 Å². The molecule has 5 rings (SSSR count). The number of hydrogen-bond donors (Lipinski definition) is 3. The average molecular weight is 749 g/mol. The van der Waals surface area contributed by atoms with E-state index in [9.17, 15) is 43.9 Å². The summed E-state index contributed by atoms with van der Waals surface area (Å²) in [5, 5.41) is 8.72. The Kier molecular flexibility index (Phi) is 11.4. The van der Waals surface area contributed by atoms with Gasteiger partial charge in [0.15, 0.2) is 16.4 Å². The number of carbonyl (C=O) groups excluding carboxylic acids is 1. The minimum absolute atomic E-state index is 0.00687. The van der Waals surface area contributed by atoms with E-state index in [0.29, 0.717) is 28.9 Å². The van der Waals surface area contributed by atoms with Crippen molar-refractivity contribution in [3.05, 3.63) is 52.2 Å². The van der Waals surface area contributed by atoms with Crippen LogP contribution in [0.25, 0.3) is 10.1 Å². The van der Waals surface area contributed by atoms with Crippen LogP contribution in [0.3, 0.4) is 0 Å². The summed E-state index contributed by atoms with van der Waals surface area (Å²) < 4.78 is 123. The van der Waals surface area contributed by atoms with Crippen molar-refractivity contribution in [3.63, 3.8) is 0 Å². The Bertz CT molecular complexity index is 1860. The lowest BCUT2D eigenvalue weighted by atomic mass is 9.90. The second-order valence-electron chi connectivity index (χ2n) is 12.2. The topological polar surface area (TPSA) is 99.8 Å². The summed E-state index contributed by atoms with van der Waals surface area (Å²) in [4.78, 5) is 14.4. The number of alkyl halides is 6. The number of nitrogens with zero attached hydrogens (tertiary/aromatic N) is 1. The summed E-state index contributed by atoms with van der Waals surface area (Å²) in [7, 11) is -1.75. The lowest BCUT2D eigenvalue weighted by Crippen LogP contribution is -2.48. The van der Waals surface area contributed by atoms with Gasteiger partial charge in [-0.15, -0.1) is 11.3 Å². The van der Waals surface area contributed by atoms with Crippen LogP contribution in [0.5, 0.6) is 5.75 Å². The molecule has 2 fully saturated rings. The fraction of sp³-hybridized carbons (Fsp3) is 0.485. The Labute approximate surface area is 288 Å². The molecular weight excluding hydrogens is 714 g/mol. The molecule has 272 valence electrons. The molecule has 2 heterocycles. The van der Waals surface area contributed by atoms with Gasteiger partial charge in [-0.25, -0.2) is 12.8 Å². The summed E-state index contributed by atoms with van der Waals surface area (Å²) in [6.45, 7) is -0.959. The van der Waals surface area contributed by atoms with Gasteiger partial charge in [0, 0.05) is 38.3 Å². The normalized spacial score (nSPS) is 19.8. The van der Waals surface area contributed by atoms with Crippen molar-refractivity contribution >= 4 is 48.5 Å². The molecule has 1 aromatic heterocycles. The maximum atomic E-state index is 14.6. The van der Waals surface area contributed by atoms with Crippen LogP contribution in [0.1, 0.15) is 46.5 Å². The van der Waals surface area contributed by atoms with Crippen molar-refractivity contribution in [1.82, 2.24) is 10.2 Å². The molecule has 2 aromatic carbocycles. The van der Waals surface area contributed by atoms with E-state index in [1.807, 2.05) is 0 Å². The molecule has 0 radical (unpaired) electrons. The SMILES string of the molecule is CNC(=O)c1cc(OCC(F)(F)F)c(NCC#Cc2sc3c(NC4CCC(N5CCS(=O)(=O)CC5)CC4)cccc3c2CC(F)(F)F)cc1F. The highest BCUT2D eigenvalue weighted by Gasteiger charge is 2.33. The molecule has 0 spiro atoms. The maximum Gasteiger partial charge on any atom is 0.422 e. The third-order valence-corrected chi connectivity index (χ3v) is 11.5. The molecule has 1 saturated carbocycles. The summed E-state index contributed by atoms with van der Waals surface area (Å²) in [5.41, 5.74) is -0.104. The predicted octanol–water partition coefficient (Wildman–Crippen LogP) is 6.36. The molecule has 50 heavy (non-hydrogen) atoms. The summed E-state index contributed by atoms with van der Waals surface area (Å²) in [6, 6.07) is 7.04. The number of anilines is 2. The lowest BCUT2D eigenvalue weighted by molar-refractivity contribution is -0.153. The number of ether oxygens (including phenoxy) is 1. The van der Waals surface area contributed by atoms with Gasteiger partial charge >= 0.3 is 12.4 Å². The van der Waals surface area contributed by atoms with Gasteiger partial charge in [0.1, 0.15) is 11.6 Å². The monoisotopic (exact) mass is 748 g/mol. The van der Waals surface area contributed by atoms with Crippen LogP contribution in [-0.2, 0) is 16.3 Å². The molecule has 2 aliphatic rings. The second kappa shape index (κ2) is 15.2. The zero-order valence-electron chi connectivity index (χ0n) is 26.9. The van der Waals surface area contributed by atoms with Crippen LogP contribution in [-0.4, -0.2) is 88.5 Å². The Hall–Kier alpha value is -3.75. The molecule has 1 saturated heterocycles. The third-order valence-electron chi connectivity index (χ3n) is 8.65. The molecule has 8 nitrogen and oxygen atoms in total. The van der Waals surface area contributed by atoms with Crippen molar-refractivity contribution in [2.45, 2.75) is 56.5 Å². The predicted molar refractivity (Wildman–Crippen MR) is 178 cm³/mol. The zero-order valence-corrected chi connectivity index (χ0v) is 28.5. The van der Waals surface area contributed by atoms with Crippen LogP contribution in [0.15, 0.2) is 30.3 Å². The van der Waals surface area contributed by atoms with Crippen LogP contribution < -0.4 is 20.7 Å². The first-order valence-corrected chi connectivity index (χ1v) is 18.5. The number of amides is 1. The van der Waals surface area contributed by atoms with E-state index in [2.05, 4.69) is 32.7 Å². The molecule has 17 heteroatoms. The van der Waals surface area contributed by atoms with E-state index in [4.69, 9.17) is 4.74 Å². The fourth-order valence-corrected chi connectivity index (χ4v) is 8.60. The molecule has 0 bridgehead atoms. The van der Waals surface area contributed by atoms with Gasteiger partial charge in [0.2, 0.25) is 0 Å². The highest BCUT2D eigenvalue weighted by molar-refractivity contribution is 7.91. The molecule has 3 N–H and O–H groups in total. The summed E-state index contributed by atoms with van der Waals surface area (Å²) in [6.07, 6.45) is -7.14. The van der Waals surface area contributed by atoms with Gasteiger partial charge in [0.25, 0.3) is 5.91 Å². The Balaban J connectivity index is 1.33.